The van der Waals surface area contributed by atoms with Gasteiger partial charge in [0.05, 0.1) is 0 Å². The SMILES string of the molecule is CCC1CNC(CC)(CC)CN1CCC1CCCC1. The minimum absolute atomic E-state index is 0.390. The lowest BCUT2D eigenvalue weighted by atomic mass is 9.87. The van der Waals surface area contributed by atoms with Gasteiger partial charge in [0.1, 0.15) is 0 Å². The van der Waals surface area contributed by atoms with Crippen LogP contribution in [0.15, 0.2) is 0 Å². The Morgan fingerprint density at radius 1 is 1.11 bits per heavy atom. The van der Waals surface area contributed by atoms with Crippen LogP contribution in [0.3, 0.4) is 0 Å². The van der Waals surface area contributed by atoms with E-state index in [2.05, 4.69) is 31.0 Å². The standard InChI is InChI=1S/C17H34N2/c1-4-16-13-18-17(5-2,6-3)14-19(16)12-11-15-9-7-8-10-15/h15-16,18H,4-14H2,1-3H3. The maximum Gasteiger partial charge on any atom is 0.0304 e. The molecule has 1 N–H and O–H groups in total. The summed E-state index contributed by atoms with van der Waals surface area (Å²) >= 11 is 0. The van der Waals surface area contributed by atoms with Crippen molar-refractivity contribution in [2.24, 2.45) is 5.92 Å². The molecule has 0 aromatic rings. The molecule has 1 saturated carbocycles. The monoisotopic (exact) mass is 266 g/mol. The van der Waals surface area contributed by atoms with Crippen molar-refractivity contribution in [3.63, 3.8) is 0 Å². The Labute approximate surface area is 120 Å². The molecule has 1 aliphatic carbocycles. The molecule has 2 heteroatoms. The molecule has 1 saturated heterocycles. The van der Waals surface area contributed by atoms with E-state index in [4.69, 9.17) is 0 Å². The fraction of sp³-hybridized carbons (Fsp3) is 1.00. The van der Waals surface area contributed by atoms with Crippen LogP contribution in [0.25, 0.3) is 0 Å². The highest BCUT2D eigenvalue weighted by Crippen LogP contribution is 2.29. The zero-order chi connectivity index (χ0) is 13.7. The van der Waals surface area contributed by atoms with Crippen molar-refractivity contribution >= 4 is 0 Å². The van der Waals surface area contributed by atoms with E-state index < -0.39 is 0 Å². The van der Waals surface area contributed by atoms with Crippen LogP contribution in [-0.2, 0) is 0 Å². The Bertz CT molecular complexity index is 254. The predicted molar refractivity (Wildman–Crippen MR) is 83.5 cm³/mol. The third kappa shape index (κ3) is 3.72. The average Bonchev–Trinajstić information content (AvgIpc) is 2.98. The van der Waals surface area contributed by atoms with Gasteiger partial charge in [-0.25, -0.2) is 0 Å². The minimum Gasteiger partial charge on any atom is -0.308 e. The van der Waals surface area contributed by atoms with Crippen LogP contribution in [0.2, 0.25) is 0 Å². The summed E-state index contributed by atoms with van der Waals surface area (Å²) in [5.41, 5.74) is 0.390. The number of nitrogens with zero attached hydrogens (tertiary/aromatic N) is 1. The van der Waals surface area contributed by atoms with E-state index in [1.54, 1.807) is 0 Å². The van der Waals surface area contributed by atoms with Crippen LogP contribution in [0.1, 0.15) is 72.1 Å². The summed E-state index contributed by atoms with van der Waals surface area (Å²) in [4.78, 5) is 2.81. The van der Waals surface area contributed by atoms with Gasteiger partial charge in [0.2, 0.25) is 0 Å². The first-order valence-electron chi connectivity index (χ1n) is 8.72. The molecule has 1 unspecified atom stereocenters. The van der Waals surface area contributed by atoms with E-state index in [1.807, 2.05) is 0 Å². The zero-order valence-electron chi connectivity index (χ0n) is 13.4. The van der Waals surface area contributed by atoms with Crippen molar-refractivity contribution < 1.29 is 0 Å². The van der Waals surface area contributed by atoms with Gasteiger partial charge in [0.25, 0.3) is 0 Å². The van der Waals surface area contributed by atoms with Crippen molar-refractivity contribution in [1.82, 2.24) is 10.2 Å². The molecule has 2 rings (SSSR count). The third-order valence-electron chi connectivity index (χ3n) is 5.86. The van der Waals surface area contributed by atoms with Gasteiger partial charge in [-0.15, -0.1) is 0 Å². The maximum atomic E-state index is 3.85. The molecule has 19 heavy (non-hydrogen) atoms. The van der Waals surface area contributed by atoms with Gasteiger partial charge in [-0.1, -0.05) is 46.5 Å². The predicted octanol–water partition coefficient (Wildman–Crippen LogP) is 3.81. The zero-order valence-corrected chi connectivity index (χ0v) is 13.4. The largest absolute Gasteiger partial charge is 0.308 e. The Morgan fingerprint density at radius 3 is 2.37 bits per heavy atom. The molecule has 2 nitrogen and oxygen atoms in total. The van der Waals surface area contributed by atoms with Crippen molar-refractivity contribution in [3.05, 3.63) is 0 Å². The average molecular weight is 266 g/mol. The van der Waals surface area contributed by atoms with Gasteiger partial charge in [-0.05, 0) is 38.1 Å². The molecule has 112 valence electrons. The summed E-state index contributed by atoms with van der Waals surface area (Å²) in [6, 6.07) is 0.771. The van der Waals surface area contributed by atoms with Crippen LogP contribution in [0, 0.1) is 5.92 Å². The normalized spacial score (nSPS) is 28.9. The number of hydrogen-bond acceptors (Lipinski definition) is 2. The Morgan fingerprint density at radius 2 is 1.79 bits per heavy atom. The second-order valence-corrected chi connectivity index (χ2v) is 6.84. The molecule has 0 aromatic heterocycles. The van der Waals surface area contributed by atoms with Crippen molar-refractivity contribution in [3.8, 4) is 0 Å². The summed E-state index contributed by atoms with van der Waals surface area (Å²) in [5, 5.41) is 3.85. The van der Waals surface area contributed by atoms with Crippen LogP contribution < -0.4 is 5.32 Å². The van der Waals surface area contributed by atoms with Gasteiger partial charge >= 0.3 is 0 Å². The Balaban J connectivity index is 1.89. The topological polar surface area (TPSA) is 15.3 Å². The first-order chi connectivity index (χ1) is 9.23. The molecule has 2 aliphatic rings. The molecule has 0 amide bonds. The summed E-state index contributed by atoms with van der Waals surface area (Å²) in [7, 11) is 0. The first kappa shape index (κ1) is 15.3. The molecular formula is C17H34N2. The summed E-state index contributed by atoms with van der Waals surface area (Å²) in [5.74, 6) is 1.03. The molecule has 0 spiro atoms. The molecule has 0 aromatic carbocycles. The summed E-state index contributed by atoms with van der Waals surface area (Å²) in [6.07, 6.45) is 11.2. The smallest absolute Gasteiger partial charge is 0.0304 e. The van der Waals surface area contributed by atoms with Gasteiger partial charge in [-0.2, -0.15) is 0 Å². The van der Waals surface area contributed by atoms with Gasteiger partial charge in [0, 0.05) is 24.7 Å². The van der Waals surface area contributed by atoms with E-state index in [0.29, 0.717) is 5.54 Å². The van der Waals surface area contributed by atoms with Crippen molar-refractivity contribution in [2.75, 3.05) is 19.6 Å². The Kier molecular flexibility index (Phi) is 5.70. The molecule has 1 aliphatic heterocycles. The molecular weight excluding hydrogens is 232 g/mol. The third-order valence-corrected chi connectivity index (χ3v) is 5.86. The number of piperazine rings is 1. The Hall–Kier alpha value is -0.0800. The van der Waals surface area contributed by atoms with E-state index in [1.165, 1.54) is 71.0 Å². The fourth-order valence-corrected chi connectivity index (χ4v) is 4.07. The molecule has 0 bridgehead atoms. The summed E-state index contributed by atoms with van der Waals surface area (Å²) < 4.78 is 0. The first-order valence-corrected chi connectivity index (χ1v) is 8.72. The van der Waals surface area contributed by atoms with Crippen molar-refractivity contribution in [2.45, 2.75) is 83.7 Å². The van der Waals surface area contributed by atoms with Gasteiger partial charge < -0.3 is 5.32 Å². The summed E-state index contributed by atoms with van der Waals surface area (Å²) in [6.45, 7) is 10.8. The van der Waals surface area contributed by atoms with Gasteiger partial charge in [-0.3, -0.25) is 4.90 Å². The van der Waals surface area contributed by atoms with Crippen LogP contribution in [0.5, 0.6) is 0 Å². The maximum absolute atomic E-state index is 3.85. The lowest BCUT2D eigenvalue weighted by Gasteiger charge is -2.47. The van der Waals surface area contributed by atoms with Gasteiger partial charge in [0.15, 0.2) is 0 Å². The highest BCUT2D eigenvalue weighted by Gasteiger charge is 2.35. The van der Waals surface area contributed by atoms with Crippen LogP contribution >= 0.6 is 0 Å². The fourth-order valence-electron chi connectivity index (χ4n) is 4.07. The molecule has 0 radical (unpaired) electrons. The van der Waals surface area contributed by atoms with E-state index in [-0.39, 0.29) is 0 Å². The molecule has 1 atom stereocenters. The van der Waals surface area contributed by atoms with Crippen molar-refractivity contribution in [1.29, 1.82) is 0 Å². The number of hydrogen-bond donors (Lipinski definition) is 1. The second-order valence-electron chi connectivity index (χ2n) is 6.84. The van der Waals surface area contributed by atoms with E-state index >= 15 is 0 Å². The number of rotatable bonds is 6. The van der Waals surface area contributed by atoms with E-state index in [9.17, 15) is 0 Å². The highest BCUT2D eigenvalue weighted by atomic mass is 15.2. The minimum atomic E-state index is 0.390. The van der Waals surface area contributed by atoms with E-state index in [0.717, 1.165) is 12.0 Å². The second kappa shape index (κ2) is 7.08. The lowest BCUT2D eigenvalue weighted by molar-refractivity contribution is 0.0658. The van der Waals surface area contributed by atoms with Crippen LogP contribution in [-0.4, -0.2) is 36.1 Å². The number of nitrogens with one attached hydrogen (secondary N) is 1. The van der Waals surface area contributed by atoms with Crippen LogP contribution in [0.4, 0.5) is 0 Å². The lowest BCUT2D eigenvalue weighted by Crippen LogP contribution is -2.63. The highest BCUT2D eigenvalue weighted by molar-refractivity contribution is 4.96. The molecule has 1 heterocycles. The quantitative estimate of drug-likeness (QED) is 0.786. The molecule has 2 fully saturated rings.